The second kappa shape index (κ2) is 8.10. The quantitative estimate of drug-likeness (QED) is 0.632. The molecule has 2 aromatic heterocycles. The summed E-state index contributed by atoms with van der Waals surface area (Å²) in [6.45, 7) is 8.49. The molecule has 1 atom stereocenters. The van der Waals surface area contributed by atoms with Crippen molar-refractivity contribution < 1.29 is 9.53 Å². The highest BCUT2D eigenvalue weighted by Gasteiger charge is 2.16. The molecule has 0 aliphatic heterocycles. The molecule has 1 amide bonds. The lowest BCUT2D eigenvalue weighted by atomic mass is 10.1. The molecular formula is C18H22N4O2S. The third kappa shape index (κ3) is 4.35. The van der Waals surface area contributed by atoms with Gasteiger partial charge in [-0.15, -0.1) is 11.3 Å². The second-order valence-electron chi connectivity index (χ2n) is 5.92. The molecule has 2 rings (SSSR count). The summed E-state index contributed by atoms with van der Waals surface area (Å²) in [6, 6.07) is 4.12. The molecule has 1 N–H and O–H groups in total. The van der Waals surface area contributed by atoms with Gasteiger partial charge in [-0.2, -0.15) is 5.26 Å². The highest BCUT2D eigenvalue weighted by atomic mass is 32.1. The number of hydrogen-bond donors (Lipinski definition) is 1. The van der Waals surface area contributed by atoms with Gasteiger partial charge in [0.2, 0.25) is 0 Å². The zero-order valence-corrected chi connectivity index (χ0v) is 15.9. The molecule has 0 aromatic carbocycles. The molecule has 7 heteroatoms. The van der Waals surface area contributed by atoms with Crippen LogP contribution in [0, 0.1) is 32.1 Å². The first kappa shape index (κ1) is 18.9. The van der Waals surface area contributed by atoms with Crippen molar-refractivity contribution in [3.63, 3.8) is 0 Å². The first-order valence-electron chi connectivity index (χ1n) is 7.90. The van der Waals surface area contributed by atoms with Crippen molar-refractivity contribution in [3.05, 3.63) is 39.7 Å². The number of anilines is 1. The van der Waals surface area contributed by atoms with Gasteiger partial charge < -0.3 is 9.30 Å². The first-order valence-corrected chi connectivity index (χ1v) is 8.78. The fourth-order valence-corrected chi connectivity index (χ4v) is 3.51. The summed E-state index contributed by atoms with van der Waals surface area (Å²) >= 11 is 1.33. The van der Waals surface area contributed by atoms with Crippen molar-refractivity contribution in [2.75, 3.05) is 19.0 Å². The van der Waals surface area contributed by atoms with Crippen LogP contribution in [0.4, 0.5) is 5.13 Å². The van der Waals surface area contributed by atoms with E-state index in [1.165, 1.54) is 11.3 Å². The van der Waals surface area contributed by atoms with E-state index in [1.54, 1.807) is 13.2 Å². The SMILES string of the molecule is COCC(C)n1c(C)cc(/C=C(\C#N)C(=O)Nc2nc(C)cs2)c1C. The van der Waals surface area contributed by atoms with Gasteiger partial charge in [0.05, 0.1) is 18.3 Å². The van der Waals surface area contributed by atoms with E-state index < -0.39 is 5.91 Å². The van der Waals surface area contributed by atoms with Gasteiger partial charge in [-0.25, -0.2) is 4.98 Å². The third-order valence-corrected chi connectivity index (χ3v) is 4.75. The van der Waals surface area contributed by atoms with Crippen LogP contribution in [0.3, 0.4) is 0 Å². The van der Waals surface area contributed by atoms with Crippen LogP contribution < -0.4 is 5.32 Å². The average molecular weight is 358 g/mol. The predicted octanol–water partition coefficient (Wildman–Crippen LogP) is 3.62. The summed E-state index contributed by atoms with van der Waals surface area (Å²) in [5.74, 6) is -0.452. The standard InChI is InChI=1S/C18H22N4O2S/c1-11-10-25-18(20-11)21-17(23)16(8-19)7-15-6-12(2)22(14(15)4)13(3)9-24-5/h6-7,10,13H,9H2,1-5H3,(H,20,21,23)/b16-7+. The van der Waals surface area contributed by atoms with E-state index in [4.69, 9.17) is 4.74 Å². The molecule has 0 bridgehead atoms. The molecule has 2 aromatic rings. The Bertz CT molecular complexity index is 842. The van der Waals surface area contributed by atoms with Gasteiger partial charge in [0.25, 0.3) is 5.91 Å². The number of nitriles is 1. The predicted molar refractivity (Wildman–Crippen MR) is 99.6 cm³/mol. The number of nitrogens with zero attached hydrogens (tertiary/aromatic N) is 3. The summed E-state index contributed by atoms with van der Waals surface area (Å²) in [6.07, 6.45) is 1.62. The molecule has 0 aliphatic rings. The Labute approximate surface area is 151 Å². The van der Waals surface area contributed by atoms with E-state index in [1.807, 2.05) is 38.3 Å². The molecule has 25 heavy (non-hydrogen) atoms. The van der Waals surface area contributed by atoms with Crippen molar-refractivity contribution in [1.82, 2.24) is 9.55 Å². The first-order chi connectivity index (χ1) is 11.9. The van der Waals surface area contributed by atoms with Crippen LogP contribution in [-0.2, 0) is 9.53 Å². The molecule has 0 spiro atoms. The molecule has 0 radical (unpaired) electrons. The summed E-state index contributed by atoms with van der Waals surface area (Å²) in [7, 11) is 1.67. The summed E-state index contributed by atoms with van der Waals surface area (Å²) < 4.78 is 7.37. The molecular weight excluding hydrogens is 336 g/mol. The van der Waals surface area contributed by atoms with Crippen molar-refractivity contribution >= 4 is 28.5 Å². The van der Waals surface area contributed by atoms with Gasteiger partial charge in [0.1, 0.15) is 11.6 Å². The number of ether oxygens (including phenoxy) is 1. The van der Waals surface area contributed by atoms with E-state index in [0.29, 0.717) is 11.7 Å². The lowest BCUT2D eigenvalue weighted by Gasteiger charge is -2.17. The average Bonchev–Trinajstić information content (AvgIpc) is 3.08. The number of nitrogens with one attached hydrogen (secondary N) is 1. The second-order valence-corrected chi connectivity index (χ2v) is 6.78. The van der Waals surface area contributed by atoms with Crippen LogP contribution in [-0.4, -0.2) is 29.2 Å². The van der Waals surface area contributed by atoms with E-state index in [-0.39, 0.29) is 11.6 Å². The molecule has 2 heterocycles. The van der Waals surface area contributed by atoms with Gasteiger partial charge in [-0.1, -0.05) is 0 Å². The minimum Gasteiger partial charge on any atom is -0.383 e. The minimum atomic E-state index is -0.452. The Hall–Kier alpha value is -2.43. The summed E-state index contributed by atoms with van der Waals surface area (Å²) in [5, 5.41) is 14.4. The van der Waals surface area contributed by atoms with Crippen LogP contribution in [0.5, 0.6) is 0 Å². The van der Waals surface area contributed by atoms with E-state index in [9.17, 15) is 10.1 Å². The van der Waals surface area contributed by atoms with Crippen molar-refractivity contribution in [1.29, 1.82) is 5.26 Å². The van der Waals surface area contributed by atoms with Crippen molar-refractivity contribution in [2.24, 2.45) is 0 Å². The van der Waals surface area contributed by atoms with E-state index in [0.717, 1.165) is 22.6 Å². The van der Waals surface area contributed by atoms with Crippen LogP contribution >= 0.6 is 11.3 Å². The van der Waals surface area contributed by atoms with Crippen LogP contribution in [0.1, 0.15) is 35.6 Å². The van der Waals surface area contributed by atoms with Gasteiger partial charge in [-0.3, -0.25) is 10.1 Å². The fourth-order valence-electron chi connectivity index (χ4n) is 2.82. The van der Waals surface area contributed by atoms with Gasteiger partial charge in [0.15, 0.2) is 5.13 Å². The highest BCUT2D eigenvalue weighted by molar-refractivity contribution is 7.13. The van der Waals surface area contributed by atoms with Crippen molar-refractivity contribution in [2.45, 2.75) is 33.7 Å². The Kier molecular flexibility index (Phi) is 6.12. The van der Waals surface area contributed by atoms with Gasteiger partial charge >= 0.3 is 0 Å². The molecule has 1 unspecified atom stereocenters. The summed E-state index contributed by atoms with van der Waals surface area (Å²) in [5.41, 5.74) is 3.78. The maximum Gasteiger partial charge on any atom is 0.268 e. The van der Waals surface area contributed by atoms with E-state index >= 15 is 0 Å². The molecule has 6 nitrogen and oxygen atoms in total. The fraction of sp³-hybridized carbons (Fsp3) is 0.389. The number of aryl methyl sites for hydroxylation is 2. The Morgan fingerprint density at radius 1 is 1.52 bits per heavy atom. The Morgan fingerprint density at radius 2 is 2.24 bits per heavy atom. The van der Waals surface area contributed by atoms with Gasteiger partial charge in [-0.05, 0) is 45.4 Å². The summed E-state index contributed by atoms with van der Waals surface area (Å²) in [4.78, 5) is 16.5. The lowest BCUT2D eigenvalue weighted by Crippen LogP contribution is -2.14. The number of thiazole rings is 1. The lowest BCUT2D eigenvalue weighted by molar-refractivity contribution is -0.112. The number of methoxy groups -OCH3 is 1. The monoisotopic (exact) mass is 358 g/mol. The highest BCUT2D eigenvalue weighted by Crippen LogP contribution is 2.23. The van der Waals surface area contributed by atoms with Crippen LogP contribution in [0.2, 0.25) is 0 Å². The maximum absolute atomic E-state index is 12.3. The normalized spacial score (nSPS) is 12.7. The molecule has 0 saturated carbocycles. The molecule has 132 valence electrons. The number of amides is 1. The maximum atomic E-state index is 12.3. The molecule has 0 saturated heterocycles. The van der Waals surface area contributed by atoms with Crippen molar-refractivity contribution in [3.8, 4) is 6.07 Å². The number of rotatable bonds is 6. The zero-order valence-electron chi connectivity index (χ0n) is 15.1. The zero-order chi connectivity index (χ0) is 18.6. The Morgan fingerprint density at radius 3 is 2.80 bits per heavy atom. The molecule has 0 fully saturated rings. The minimum absolute atomic E-state index is 0.0486. The number of carbonyl (C=O) groups is 1. The Balaban J connectivity index is 2.29. The topological polar surface area (TPSA) is 79.9 Å². The third-order valence-electron chi connectivity index (χ3n) is 3.88. The van der Waals surface area contributed by atoms with Gasteiger partial charge in [0, 0.05) is 23.9 Å². The number of carbonyl (C=O) groups excluding carboxylic acids is 1. The van der Waals surface area contributed by atoms with Crippen LogP contribution in [0.25, 0.3) is 6.08 Å². The molecule has 0 aliphatic carbocycles. The number of hydrogen-bond acceptors (Lipinski definition) is 5. The smallest absolute Gasteiger partial charge is 0.268 e. The largest absolute Gasteiger partial charge is 0.383 e. The number of aromatic nitrogens is 2. The van der Waals surface area contributed by atoms with Crippen LogP contribution in [0.15, 0.2) is 17.0 Å². The van der Waals surface area contributed by atoms with E-state index in [2.05, 4.69) is 21.8 Å².